The Kier molecular flexibility index (Phi) is 6.92. The smallest absolute Gasteiger partial charge is 0.155 e. The molecule has 0 radical (unpaired) electrons. The van der Waals surface area contributed by atoms with Crippen LogP contribution >= 0.6 is 0 Å². The van der Waals surface area contributed by atoms with Gasteiger partial charge >= 0.3 is 0 Å². The summed E-state index contributed by atoms with van der Waals surface area (Å²) in [5.74, 6) is 1.74. The lowest BCUT2D eigenvalue weighted by atomic mass is 9.79. The first-order chi connectivity index (χ1) is 16.6. The van der Waals surface area contributed by atoms with E-state index in [1.807, 2.05) is 30.3 Å². The summed E-state index contributed by atoms with van der Waals surface area (Å²) in [6, 6.07) is 24.3. The molecule has 34 heavy (non-hydrogen) atoms. The Morgan fingerprint density at radius 3 is 2.21 bits per heavy atom. The molecule has 1 aliphatic heterocycles. The molecule has 2 aromatic carbocycles. The number of aromatic nitrogens is 1. The molecule has 0 spiro atoms. The molecule has 3 aromatic rings. The van der Waals surface area contributed by atoms with E-state index in [2.05, 4.69) is 65.0 Å². The van der Waals surface area contributed by atoms with Gasteiger partial charge in [0.2, 0.25) is 0 Å². The molecule has 178 valence electrons. The Bertz CT molecular complexity index is 1110. The lowest BCUT2D eigenvalue weighted by molar-refractivity contribution is 0.0889. The second-order valence-electron chi connectivity index (χ2n) is 10.7. The molecule has 1 aliphatic carbocycles. The lowest BCUT2D eigenvalue weighted by Gasteiger charge is -2.42. The van der Waals surface area contributed by atoms with Gasteiger partial charge in [0.15, 0.2) is 6.04 Å². The maximum absolute atomic E-state index is 10.1. The van der Waals surface area contributed by atoms with Gasteiger partial charge in [0.05, 0.1) is 11.8 Å². The zero-order valence-electron chi connectivity index (χ0n) is 20.7. The predicted molar refractivity (Wildman–Crippen MR) is 141 cm³/mol. The van der Waals surface area contributed by atoms with E-state index in [4.69, 9.17) is 0 Å². The van der Waals surface area contributed by atoms with Crippen LogP contribution < -0.4 is 5.32 Å². The molecule has 0 bridgehead atoms. The van der Waals surface area contributed by atoms with Crippen LogP contribution in [0.5, 0.6) is 0 Å². The molecule has 1 unspecified atom stereocenters. The number of para-hydroxylation sites is 2. The number of hydrogen-bond acceptors (Lipinski definition) is 3. The number of benzene rings is 2. The summed E-state index contributed by atoms with van der Waals surface area (Å²) >= 11 is 0. The van der Waals surface area contributed by atoms with E-state index < -0.39 is 0 Å². The highest BCUT2D eigenvalue weighted by molar-refractivity contribution is 5.82. The Hall–Kier alpha value is -2.77. The molecular weight excluding hydrogens is 416 g/mol. The minimum Gasteiger partial charge on any atom is -0.365 e. The first-order valence-electron chi connectivity index (χ1n) is 13.2. The number of anilines is 1. The van der Waals surface area contributed by atoms with Crippen molar-refractivity contribution in [2.75, 3.05) is 18.4 Å². The molecule has 4 nitrogen and oxygen atoms in total. The van der Waals surface area contributed by atoms with E-state index >= 15 is 0 Å². The monoisotopic (exact) mass is 454 g/mol. The average molecular weight is 455 g/mol. The van der Waals surface area contributed by atoms with Crippen LogP contribution in [0.25, 0.3) is 10.9 Å². The second-order valence-corrected chi connectivity index (χ2v) is 10.7. The van der Waals surface area contributed by atoms with E-state index in [0.717, 1.165) is 55.2 Å². The fraction of sp³-hybridized carbons (Fsp3) is 0.500. The summed E-state index contributed by atoms with van der Waals surface area (Å²) in [6.07, 6.45) is 7.82. The van der Waals surface area contributed by atoms with Crippen molar-refractivity contribution in [3.63, 3.8) is 0 Å². The van der Waals surface area contributed by atoms with Gasteiger partial charge in [0.1, 0.15) is 0 Å². The van der Waals surface area contributed by atoms with Crippen molar-refractivity contribution in [1.82, 2.24) is 9.47 Å². The highest BCUT2D eigenvalue weighted by atomic mass is 15.2. The van der Waals surface area contributed by atoms with Crippen molar-refractivity contribution in [2.45, 2.75) is 70.5 Å². The first-order valence-corrected chi connectivity index (χ1v) is 13.2. The molecule has 1 saturated carbocycles. The highest BCUT2D eigenvalue weighted by Crippen LogP contribution is 2.37. The van der Waals surface area contributed by atoms with E-state index in [-0.39, 0.29) is 6.04 Å². The van der Waals surface area contributed by atoms with E-state index in [1.54, 1.807) is 0 Å². The molecule has 5 rings (SSSR count). The van der Waals surface area contributed by atoms with Gasteiger partial charge in [-0.25, -0.2) is 0 Å². The van der Waals surface area contributed by atoms with Crippen molar-refractivity contribution in [2.24, 2.45) is 11.8 Å². The second kappa shape index (κ2) is 10.2. The standard InChI is InChI=1S/C30H38N4/c1-22(2)23-12-14-26(15-13-23)33-18-16-27(17-19-33)34-29-11-7-6-8-24(29)20-30(34)28(21-31)32-25-9-4-3-5-10-25/h3-11,20,22-23,26-28,32H,12-19H2,1-2H3. The van der Waals surface area contributed by atoms with Crippen LogP contribution in [0, 0.1) is 23.2 Å². The van der Waals surface area contributed by atoms with Gasteiger partial charge in [-0.15, -0.1) is 0 Å². The maximum atomic E-state index is 10.1. The van der Waals surface area contributed by atoms with Crippen molar-refractivity contribution >= 4 is 16.6 Å². The van der Waals surface area contributed by atoms with Gasteiger partial charge in [-0.1, -0.05) is 50.2 Å². The topological polar surface area (TPSA) is 44.0 Å². The molecule has 2 fully saturated rings. The van der Waals surface area contributed by atoms with Gasteiger partial charge in [0.25, 0.3) is 0 Å². The fourth-order valence-corrected chi connectivity index (χ4v) is 6.34. The van der Waals surface area contributed by atoms with Crippen LogP contribution in [0.1, 0.15) is 70.2 Å². The molecule has 2 heterocycles. The Balaban J connectivity index is 1.34. The number of likely N-dealkylation sites (tertiary alicyclic amines) is 1. The predicted octanol–water partition coefficient (Wildman–Crippen LogP) is 7.17. The molecule has 1 N–H and O–H groups in total. The summed E-state index contributed by atoms with van der Waals surface area (Å²) in [4.78, 5) is 2.77. The van der Waals surface area contributed by atoms with Crippen molar-refractivity contribution in [3.05, 3.63) is 66.4 Å². The van der Waals surface area contributed by atoms with Crippen molar-refractivity contribution in [1.29, 1.82) is 5.26 Å². The van der Waals surface area contributed by atoms with Gasteiger partial charge in [-0.2, -0.15) is 5.26 Å². The third-order valence-corrected chi connectivity index (χ3v) is 8.35. The van der Waals surface area contributed by atoms with Crippen LogP contribution in [0.4, 0.5) is 5.69 Å². The Morgan fingerprint density at radius 1 is 0.853 bits per heavy atom. The third kappa shape index (κ3) is 4.72. The quantitative estimate of drug-likeness (QED) is 0.429. The first kappa shape index (κ1) is 23.0. The molecule has 2 aliphatic rings. The number of piperidine rings is 1. The summed E-state index contributed by atoms with van der Waals surface area (Å²) in [6.45, 7) is 7.10. The van der Waals surface area contributed by atoms with Gasteiger partial charge in [-0.3, -0.25) is 0 Å². The summed E-state index contributed by atoms with van der Waals surface area (Å²) in [5.41, 5.74) is 3.32. The van der Waals surface area contributed by atoms with Crippen LogP contribution in [0.2, 0.25) is 0 Å². The van der Waals surface area contributed by atoms with Crippen LogP contribution in [0.15, 0.2) is 60.7 Å². The van der Waals surface area contributed by atoms with Crippen molar-refractivity contribution < 1.29 is 0 Å². The minimum absolute atomic E-state index is 0.376. The Morgan fingerprint density at radius 2 is 1.53 bits per heavy atom. The normalized spacial score (nSPS) is 23.1. The minimum atomic E-state index is -0.376. The largest absolute Gasteiger partial charge is 0.365 e. The van der Waals surface area contributed by atoms with E-state index in [9.17, 15) is 5.26 Å². The van der Waals surface area contributed by atoms with E-state index in [1.165, 1.54) is 36.6 Å². The molecule has 1 saturated heterocycles. The zero-order valence-corrected chi connectivity index (χ0v) is 20.7. The van der Waals surface area contributed by atoms with Gasteiger partial charge in [0, 0.05) is 36.4 Å². The molecular formula is C30H38N4. The Labute approximate surface area is 204 Å². The summed E-state index contributed by atoms with van der Waals surface area (Å²) in [7, 11) is 0. The number of fused-ring (bicyclic) bond motifs is 1. The summed E-state index contributed by atoms with van der Waals surface area (Å²) in [5, 5.41) is 14.8. The number of hydrogen-bond donors (Lipinski definition) is 1. The summed E-state index contributed by atoms with van der Waals surface area (Å²) < 4.78 is 2.48. The zero-order chi connectivity index (χ0) is 23.5. The number of rotatable bonds is 6. The SMILES string of the molecule is CC(C)C1CCC(N2CCC(n3c(C(C#N)Nc4ccccc4)cc4ccccc43)CC2)CC1. The average Bonchev–Trinajstić information content (AvgIpc) is 3.27. The molecule has 0 amide bonds. The van der Waals surface area contributed by atoms with Crippen LogP contribution in [-0.2, 0) is 0 Å². The van der Waals surface area contributed by atoms with Gasteiger partial charge in [-0.05, 0) is 80.0 Å². The van der Waals surface area contributed by atoms with Crippen LogP contribution in [0.3, 0.4) is 0 Å². The fourth-order valence-electron chi connectivity index (χ4n) is 6.34. The van der Waals surface area contributed by atoms with Gasteiger partial charge < -0.3 is 14.8 Å². The number of nitrogens with zero attached hydrogens (tertiary/aromatic N) is 3. The van der Waals surface area contributed by atoms with Crippen LogP contribution in [-0.4, -0.2) is 28.6 Å². The molecule has 4 heteroatoms. The molecule has 1 atom stereocenters. The third-order valence-electron chi connectivity index (χ3n) is 8.35. The molecule has 1 aromatic heterocycles. The highest BCUT2D eigenvalue weighted by Gasteiger charge is 2.32. The number of nitrogens with one attached hydrogen (secondary N) is 1. The number of nitriles is 1. The van der Waals surface area contributed by atoms with Crippen molar-refractivity contribution in [3.8, 4) is 6.07 Å². The lowest BCUT2D eigenvalue weighted by Crippen LogP contribution is -2.44. The maximum Gasteiger partial charge on any atom is 0.155 e. The van der Waals surface area contributed by atoms with E-state index in [0.29, 0.717) is 6.04 Å².